The molecule has 5 rings (SSSR count). The predicted octanol–water partition coefficient (Wildman–Crippen LogP) is 3.55. The normalized spacial score (nSPS) is 14.9. The molecule has 0 bridgehead atoms. The number of carbonyl (C=O) groups is 1. The fourth-order valence-corrected chi connectivity index (χ4v) is 5.86. The van der Waals surface area contributed by atoms with Crippen molar-refractivity contribution in [3.63, 3.8) is 0 Å². The van der Waals surface area contributed by atoms with Crippen LogP contribution in [0.15, 0.2) is 71.6 Å². The molecule has 0 spiro atoms. The molecular weight excluding hydrogens is 440 g/mol. The van der Waals surface area contributed by atoms with Gasteiger partial charge in [-0.2, -0.15) is 0 Å². The number of hydrogen-bond donors (Lipinski definition) is 0. The van der Waals surface area contributed by atoms with Crippen molar-refractivity contribution in [2.24, 2.45) is 0 Å². The molecule has 0 atom stereocenters. The highest BCUT2D eigenvalue weighted by Crippen LogP contribution is 2.34. The number of rotatable bonds is 5. The topological polar surface area (TPSA) is 76.2 Å². The van der Waals surface area contributed by atoms with Crippen LogP contribution in [-0.4, -0.2) is 40.6 Å². The monoisotopic (exact) mass is 464 g/mol. The van der Waals surface area contributed by atoms with Crippen LogP contribution in [0.3, 0.4) is 0 Å². The van der Waals surface area contributed by atoms with E-state index in [-0.39, 0.29) is 17.4 Å². The highest BCUT2D eigenvalue weighted by atomic mass is 32.2. The lowest BCUT2D eigenvalue weighted by atomic mass is 10.2. The van der Waals surface area contributed by atoms with Gasteiger partial charge in [0.1, 0.15) is 18.1 Å². The van der Waals surface area contributed by atoms with Gasteiger partial charge < -0.3 is 14.4 Å². The summed E-state index contributed by atoms with van der Waals surface area (Å²) in [7, 11) is -3.68. The third-order valence-electron chi connectivity index (χ3n) is 5.96. The first-order chi connectivity index (χ1) is 15.9. The first-order valence-corrected chi connectivity index (χ1v) is 12.3. The van der Waals surface area contributed by atoms with Gasteiger partial charge >= 0.3 is 0 Å². The lowest BCUT2D eigenvalue weighted by Gasteiger charge is -2.29. The maximum absolute atomic E-state index is 13.3. The van der Waals surface area contributed by atoms with E-state index < -0.39 is 10.0 Å². The Morgan fingerprint density at radius 1 is 1.00 bits per heavy atom. The van der Waals surface area contributed by atoms with Gasteiger partial charge in [0, 0.05) is 6.54 Å². The number of para-hydroxylation sites is 3. The Morgan fingerprint density at radius 2 is 1.76 bits per heavy atom. The lowest BCUT2D eigenvalue weighted by Crippen LogP contribution is -2.40. The van der Waals surface area contributed by atoms with E-state index in [1.165, 1.54) is 10.4 Å². The highest BCUT2D eigenvalue weighted by Gasteiger charge is 2.31. The van der Waals surface area contributed by atoms with Crippen LogP contribution in [0.1, 0.15) is 11.1 Å². The lowest BCUT2D eigenvalue weighted by molar-refractivity contribution is -0.120. The fraction of sp³-hybridized carbons (Fsp3) is 0.240. The summed E-state index contributed by atoms with van der Waals surface area (Å²) in [6.07, 6.45) is 0.697. The van der Waals surface area contributed by atoms with Crippen LogP contribution >= 0.6 is 0 Å². The van der Waals surface area contributed by atoms with Crippen molar-refractivity contribution in [3.05, 3.63) is 77.9 Å². The summed E-state index contributed by atoms with van der Waals surface area (Å²) in [6, 6.07) is 19.7. The van der Waals surface area contributed by atoms with Gasteiger partial charge in [-0.15, -0.1) is 0 Å². The van der Waals surface area contributed by atoms with Crippen molar-refractivity contribution in [1.29, 1.82) is 0 Å². The molecule has 0 saturated heterocycles. The number of ether oxygens (including phenoxy) is 2. The molecule has 0 saturated carbocycles. The number of sulfonamides is 1. The van der Waals surface area contributed by atoms with Gasteiger partial charge in [0.05, 0.1) is 22.8 Å². The summed E-state index contributed by atoms with van der Waals surface area (Å²) < 4.78 is 39.4. The van der Waals surface area contributed by atoms with Crippen LogP contribution < -0.4 is 18.7 Å². The van der Waals surface area contributed by atoms with Crippen LogP contribution in [-0.2, 0) is 21.2 Å². The zero-order valence-corrected chi connectivity index (χ0v) is 19.0. The van der Waals surface area contributed by atoms with E-state index in [0.29, 0.717) is 43.2 Å². The van der Waals surface area contributed by atoms with E-state index >= 15 is 0 Å². The molecule has 0 radical (unpaired) electrons. The fourth-order valence-electron chi connectivity index (χ4n) is 4.28. The van der Waals surface area contributed by atoms with E-state index in [4.69, 9.17) is 9.47 Å². The summed E-state index contributed by atoms with van der Waals surface area (Å²) in [5.74, 6) is 0.965. The van der Waals surface area contributed by atoms with Crippen LogP contribution in [0.25, 0.3) is 0 Å². The Hall–Kier alpha value is -3.52. The summed E-state index contributed by atoms with van der Waals surface area (Å²) >= 11 is 0. The standard InChI is InChI=1S/C25H24N2O5S/c1-18-16-20(33(29,30)27-13-12-19-6-2-3-7-21(19)27)10-11-23(18)32-17-25(28)26-14-15-31-24-9-5-4-8-22(24)26/h2-11,16H,12-15,17H2,1H3. The van der Waals surface area contributed by atoms with E-state index in [2.05, 4.69) is 0 Å². The summed E-state index contributed by atoms with van der Waals surface area (Å²) in [6.45, 7) is 2.93. The molecule has 0 N–H and O–H groups in total. The molecule has 2 aliphatic rings. The largest absolute Gasteiger partial charge is 0.490 e. The zero-order chi connectivity index (χ0) is 23.0. The molecule has 0 aromatic heterocycles. The average molecular weight is 465 g/mol. The van der Waals surface area contributed by atoms with Crippen LogP contribution in [0.2, 0.25) is 0 Å². The molecule has 1 amide bonds. The third-order valence-corrected chi connectivity index (χ3v) is 7.77. The minimum absolute atomic E-state index is 0.152. The number of anilines is 2. The van der Waals surface area contributed by atoms with E-state index in [9.17, 15) is 13.2 Å². The third kappa shape index (κ3) is 3.91. The molecule has 3 aromatic rings. The number of aryl methyl sites for hydroxylation is 1. The molecule has 0 fully saturated rings. The molecule has 0 unspecified atom stereocenters. The van der Waals surface area contributed by atoms with Crippen LogP contribution in [0.5, 0.6) is 11.5 Å². The van der Waals surface area contributed by atoms with Crippen molar-refractivity contribution < 1.29 is 22.7 Å². The number of hydrogen-bond acceptors (Lipinski definition) is 5. The van der Waals surface area contributed by atoms with Crippen molar-refractivity contribution in [3.8, 4) is 11.5 Å². The first-order valence-electron chi connectivity index (χ1n) is 10.8. The quantitative estimate of drug-likeness (QED) is 0.577. The van der Waals surface area contributed by atoms with Crippen LogP contribution in [0.4, 0.5) is 11.4 Å². The van der Waals surface area contributed by atoms with Crippen molar-refractivity contribution in [2.75, 3.05) is 35.5 Å². The average Bonchev–Trinajstić information content (AvgIpc) is 3.28. The Kier molecular flexibility index (Phi) is 5.46. The minimum Gasteiger partial charge on any atom is -0.490 e. The van der Waals surface area contributed by atoms with E-state index in [1.807, 2.05) is 48.5 Å². The maximum Gasteiger partial charge on any atom is 0.265 e. The molecule has 33 heavy (non-hydrogen) atoms. The van der Waals surface area contributed by atoms with Gasteiger partial charge in [0.15, 0.2) is 6.61 Å². The highest BCUT2D eigenvalue weighted by molar-refractivity contribution is 7.92. The molecule has 8 heteroatoms. The van der Waals surface area contributed by atoms with Crippen molar-refractivity contribution >= 4 is 27.3 Å². The zero-order valence-electron chi connectivity index (χ0n) is 18.2. The van der Waals surface area contributed by atoms with Gasteiger partial charge in [0.2, 0.25) is 0 Å². The van der Waals surface area contributed by atoms with Crippen LogP contribution in [0, 0.1) is 6.92 Å². The number of amides is 1. The van der Waals surface area contributed by atoms with Crippen molar-refractivity contribution in [2.45, 2.75) is 18.2 Å². The second kappa shape index (κ2) is 8.44. The number of nitrogens with zero attached hydrogens (tertiary/aromatic N) is 2. The Morgan fingerprint density at radius 3 is 2.58 bits per heavy atom. The minimum atomic E-state index is -3.68. The van der Waals surface area contributed by atoms with Crippen molar-refractivity contribution in [1.82, 2.24) is 0 Å². The van der Waals surface area contributed by atoms with Gasteiger partial charge in [-0.3, -0.25) is 9.10 Å². The summed E-state index contributed by atoms with van der Waals surface area (Å²) in [5.41, 5.74) is 3.13. The molecular formula is C25H24N2O5S. The second-order valence-corrected chi connectivity index (χ2v) is 9.90. The Bertz CT molecular complexity index is 1320. The van der Waals surface area contributed by atoms with Gasteiger partial charge in [0.25, 0.3) is 15.9 Å². The number of fused-ring (bicyclic) bond motifs is 2. The van der Waals surface area contributed by atoms with Gasteiger partial charge in [-0.1, -0.05) is 30.3 Å². The second-order valence-electron chi connectivity index (χ2n) is 8.03. The molecule has 3 aromatic carbocycles. The van der Waals surface area contributed by atoms with Gasteiger partial charge in [-0.05, 0) is 60.9 Å². The molecule has 0 aliphatic carbocycles. The summed E-state index contributed by atoms with van der Waals surface area (Å²) in [4.78, 5) is 14.7. The Labute approximate surface area is 193 Å². The first kappa shape index (κ1) is 21.3. The number of carbonyl (C=O) groups excluding carboxylic acids is 1. The van der Waals surface area contributed by atoms with E-state index in [0.717, 1.165) is 16.9 Å². The number of benzene rings is 3. The predicted molar refractivity (Wildman–Crippen MR) is 126 cm³/mol. The molecule has 170 valence electrons. The SMILES string of the molecule is Cc1cc(S(=O)(=O)N2CCc3ccccc32)ccc1OCC(=O)N1CCOc2ccccc21. The molecule has 2 aliphatic heterocycles. The van der Waals surface area contributed by atoms with Gasteiger partial charge in [-0.25, -0.2) is 8.42 Å². The molecule has 7 nitrogen and oxygen atoms in total. The maximum atomic E-state index is 13.3. The smallest absolute Gasteiger partial charge is 0.265 e. The van der Waals surface area contributed by atoms with E-state index in [1.54, 1.807) is 24.0 Å². The molecule has 2 heterocycles. The Balaban J connectivity index is 1.31. The summed E-state index contributed by atoms with van der Waals surface area (Å²) in [5, 5.41) is 0.